The lowest BCUT2D eigenvalue weighted by atomic mass is 10.2. The van der Waals surface area contributed by atoms with Gasteiger partial charge in [0, 0.05) is 6.54 Å². The smallest absolute Gasteiger partial charge is 0.332 e. The highest BCUT2D eigenvalue weighted by Gasteiger charge is 2.30. The van der Waals surface area contributed by atoms with Gasteiger partial charge in [0.2, 0.25) is 0 Å². The van der Waals surface area contributed by atoms with Crippen LogP contribution in [0.4, 0.5) is 4.79 Å². The fraction of sp³-hybridized carbons (Fsp3) is 0.571. The summed E-state index contributed by atoms with van der Waals surface area (Å²) in [5, 5.41) is 14.3. The second kappa shape index (κ2) is 6.62. The summed E-state index contributed by atoms with van der Waals surface area (Å²) in [6.45, 7) is 3.95. The van der Waals surface area contributed by atoms with E-state index in [2.05, 4.69) is 10.6 Å². The highest BCUT2D eigenvalue weighted by Crippen LogP contribution is 2.19. The third-order valence-corrected chi connectivity index (χ3v) is 3.41. The second-order valence-electron chi connectivity index (χ2n) is 5.19. The topological polar surface area (TPSA) is 101 Å². The SMILES string of the molecule is Cc1ccc(C(C)NC(=O)NCC2CCC(C(=O)O)O2)o1. The Morgan fingerprint density at radius 2 is 2.19 bits per heavy atom. The van der Waals surface area contributed by atoms with Gasteiger partial charge in [-0.15, -0.1) is 0 Å². The van der Waals surface area contributed by atoms with Gasteiger partial charge in [0.1, 0.15) is 11.5 Å². The predicted octanol–water partition coefficient (Wildman–Crippen LogP) is 1.58. The molecule has 7 nitrogen and oxygen atoms in total. The summed E-state index contributed by atoms with van der Waals surface area (Å²) in [7, 11) is 0. The zero-order chi connectivity index (χ0) is 15.4. The van der Waals surface area contributed by atoms with Gasteiger partial charge in [-0.2, -0.15) is 0 Å². The summed E-state index contributed by atoms with van der Waals surface area (Å²) in [6.07, 6.45) is 0.0955. The second-order valence-corrected chi connectivity index (χ2v) is 5.19. The fourth-order valence-corrected chi connectivity index (χ4v) is 2.25. The first-order chi connectivity index (χ1) is 9.95. The number of aryl methyl sites for hydroxylation is 1. The van der Waals surface area contributed by atoms with Crippen LogP contribution in [0, 0.1) is 6.92 Å². The molecule has 0 bridgehead atoms. The van der Waals surface area contributed by atoms with Crippen LogP contribution in [0.25, 0.3) is 0 Å². The normalized spacial score (nSPS) is 22.8. The van der Waals surface area contributed by atoms with E-state index in [-0.39, 0.29) is 18.2 Å². The average Bonchev–Trinajstić information content (AvgIpc) is 3.05. The maximum absolute atomic E-state index is 11.8. The van der Waals surface area contributed by atoms with Gasteiger partial charge < -0.3 is 24.9 Å². The molecule has 3 atom stereocenters. The number of amides is 2. The third-order valence-electron chi connectivity index (χ3n) is 3.41. The molecule has 1 aromatic heterocycles. The van der Waals surface area contributed by atoms with Crippen molar-refractivity contribution in [2.75, 3.05) is 6.54 Å². The van der Waals surface area contributed by atoms with Crippen molar-refractivity contribution in [3.05, 3.63) is 23.7 Å². The van der Waals surface area contributed by atoms with Gasteiger partial charge in [0.05, 0.1) is 12.1 Å². The van der Waals surface area contributed by atoms with Crippen molar-refractivity contribution in [2.45, 2.75) is 44.9 Å². The summed E-state index contributed by atoms with van der Waals surface area (Å²) in [5.41, 5.74) is 0. The summed E-state index contributed by atoms with van der Waals surface area (Å²) in [6, 6.07) is 3.08. The molecule has 7 heteroatoms. The van der Waals surface area contributed by atoms with Gasteiger partial charge in [0.25, 0.3) is 0 Å². The van der Waals surface area contributed by atoms with Crippen molar-refractivity contribution in [2.24, 2.45) is 0 Å². The van der Waals surface area contributed by atoms with E-state index in [0.29, 0.717) is 25.1 Å². The number of hydrogen-bond donors (Lipinski definition) is 3. The van der Waals surface area contributed by atoms with Crippen molar-refractivity contribution < 1.29 is 23.8 Å². The number of ether oxygens (including phenoxy) is 1. The Bertz CT molecular complexity index is 513. The van der Waals surface area contributed by atoms with Crippen LogP contribution in [0.5, 0.6) is 0 Å². The van der Waals surface area contributed by atoms with E-state index in [0.717, 1.165) is 5.76 Å². The molecule has 2 amide bonds. The van der Waals surface area contributed by atoms with E-state index in [9.17, 15) is 9.59 Å². The zero-order valence-electron chi connectivity index (χ0n) is 12.1. The molecule has 0 spiro atoms. The maximum Gasteiger partial charge on any atom is 0.332 e. The molecule has 116 valence electrons. The highest BCUT2D eigenvalue weighted by molar-refractivity contribution is 5.74. The van der Waals surface area contributed by atoms with Crippen molar-refractivity contribution >= 4 is 12.0 Å². The van der Waals surface area contributed by atoms with E-state index in [4.69, 9.17) is 14.3 Å². The summed E-state index contributed by atoms with van der Waals surface area (Å²) in [4.78, 5) is 22.5. The molecule has 2 rings (SSSR count). The summed E-state index contributed by atoms with van der Waals surface area (Å²) < 4.78 is 10.7. The molecular weight excluding hydrogens is 276 g/mol. The Kier molecular flexibility index (Phi) is 4.85. The number of nitrogens with one attached hydrogen (secondary N) is 2. The highest BCUT2D eigenvalue weighted by atomic mass is 16.5. The number of carboxylic acids is 1. The van der Waals surface area contributed by atoms with Crippen LogP contribution < -0.4 is 10.6 Å². The van der Waals surface area contributed by atoms with Crippen LogP contribution in [0.1, 0.15) is 37.3 Å². The van der Waals surface area contributed by atoms with Gasteiger partial charge >= 0.3 is 12.0 Å². The number of carbonyl (C=O) groups is 2. The van der Waals surface area contributed by atoms with E-state index in [1.165, 1.54) is 0 Å². The standard InChI is InChI=1S/C14H20N2O5/c1-8-3-5-11(20-8)9(2)16-14(19)15-7-10-4-6-12(21-10)13(17)18/h3,5,9-10,12H,4,6-7H2,1-2H3,(H,17,18)(H2,15,16,19). The number of hydrogen-bond acceptors (Lipinski definition) is 4. The van der Waals surface area contributed by atoms with E-state index >= 15 is 0 Å². The molecule has 21 heavy (non-hydrogen) atoms. The number of urea groups is 1. The molecule has 0 saturated carbocycles. The molecule has 3 N–H and O–H groups in total. The predicted molar refractivity (Wildman–Crippen MR) is 73.9 cm³/mol. The van der Waals surface area contributed by atoms with E-state index in [1.54, 1.807) is 0 Å². The first kappa shape index (κ1) is 15.4. The van der Waals surface area contributed by atoms with Crippen LogP contribution >= 0.6 is 0 Å². The molecule has 1 aliphatic heterocycles. The van der Waals surface area contributed by atoms with Gasteiger partial charge in [-0.1, -0.05) is 0 Å². The van der Waals surface area contributed by atoms with Gasteiger partial charge in [-0.3, -0.25) is 0 Å². The number of carboxylic acid groups (broad SMARTS) is 1. The monoisotopic (exact) mass is 296 g/mol. The molecule has 3 unspecified atom stereocenters. The van der Waals surface area contributed by atoms with Crippen LogP contribution in [-0.2, 0) is 9.53 Å². The lowest BCUT2D eigenvalue weighted by Gasteiger charge is -2.15. The van der Waals surface area contributed by atoms with Crippen LogP contribution in [0.3, 0.4) is 0 Å². The molecule has 0 radical (unpaired) electrons. The quantitative estimate of drug-likeness (QED) is 0.766. The van der Waals surface area contributed by atoms with Crippen molar-refractivity contribution in [3.8, 4) is 0 Å². The molecule has 2 heterocycles. The Hall–Kier alpha value is -2.02. The first-order valence-corrected chi connectivity index (χ1v) is 6.94. The lowest BCUT2D eigenvalue weighted by molar-refractivity contribution is -0.149. The maximum atomic E-state index is 11.8. The molecular formula is C14H20N2O5. The Morgan fingerprint density at radius 3 is 2.76 bits per heavy atom. The van der Waals surface area contributed by atoms with Gasteiger partial charge in [-0.25, -0.2) is 9.59 Å². The van der Waals surface area contributed by atoms with Gasteiger partial charge in [0.15, 0.2) is 6.10 Å². The third kappa shape index (κ3) is 4.22. The molecule has 1 aliphatic rings. The minimum Gasteiger partial charge on any atom is -0.479 e. The van der Waals surface area contributed by atoms with Crippen LogP contribution in [-0.4, -0.2) is 35.9 Å². The zero-order valence-corrected chi connectivity index (χ0v) is 12.1. The summed E-state index contributed by atoms with van der Waals surface area (Å²) >= 11 is 0. The molecule has 1 aromatic rings. The van der Waals surface area contributed by atoms with Crippen molar-refractivity contribution in [1.82, 2.24) is 10.6 Å². The van der Waals surface area contributed by atoms with Gasteiger partial charge in [-0.05, 0) is 38.8 Å². The largest absolute Gasteiger partial charge is 0.479 e. The minimum atomic E-state index is -0.955. The average molecular weight is 296 g/mol. The van der Waals surface area contributed by atoms with E-state index < -0.39 is 12.1 Å². The molecule has 1 saturated heterocycles. The molecule has 0 aromatic carbocycles. The van der Waals surface area contributed by atoms with E-state index in [1.807, 2.05) is 26.0 Å². The Labute approximate surface area is 122 Å². The number of rotatable bonds is 5. The summed E-state index contributed by atoms with van der Waals surface area (Å²) in [5.74, 6) is 0.521. The van der Waals surface area contributed by atoms with Crippen LogP contribution in [0.15, 0.2) is 16.5 Å². The lowest BCUT2D eigenvalue weighted by Crippen LogP contribution is -2.41. The minimum absolute atomic E-state index is 0.241. The number of furan rings is 1. The number of carbonyl (C=O) groups excluding carboxylic acids is 1. The Balaban J connectivity index is 1.72. The van der Waals surface area contributed by atoms with Crippen LogP contribution in [0.2, 0.25) is 0 Å². The van der Waals surface area contributed by atoms with Crippen molar-refractivity contribution in [3.63, 3.8) is 0 Å². The molecule has 1 fully saturated rings. The number of aliphatic carboxylic acids is 1. The Morgan fingerprint density at radius 1 is 1.43 bits per heavy atom. The fourth-order valence-electron chi connectivity index (χ4n) is 2.25. The first-order valence-electron chi connectivity index (χ1n) is 6.94. The van der Waals surface area contributed by atoms with Crippen molar-refractivity contribution in [1.29, 1.82) is 0 Å². The molecule has 0 aliphatic carbocycles.